The van der Waals surface area contributed by atoms with E-state index in [9.17, 15) is 0 Å². The summed E-state index contributed by atoms with van der Waals surface area (Å²) >= 11 is 0. The van der Waals surface area contributed by atoms with Gasteiger partial charge in [-0.1, -0.05) is 39.5 Å². The van der Waals surface area contributed by atoms with Crippen molar-refractivity contribution in [2.45, 2.75) is 116 Å². The highest BCUT2D eigenvalue weighted by Crippen LogP contribution is 2.51. The summed E-state index contributed by atoms with van der Waals surface area (Å²) in [6, 6.07) is 0. The largest absolute Gasteiger partial charge is 0.244 e. The highest BCUT2D eigenvalue weighted by Gasteiger charge is 2.52. The molecule has 0 aliphatic heterocycles. The van der Waals surface area contributed by atoms with E-state index in [2.05, 4.69) is 13.8 Å². The van der Waals surface area contributed by atoms with Crippen LogP contribution in [0.3, 0.4) is 0 Å². The first-order valence-electron chi connectivity index (χ1n) is 12.9. The zero-order chi connectivity index (χ0) is 21.4. The molecule has 174 valence electrons. The molecule has 30 heavy (non-hydrogen) atoms. The first kappa shape index (κ1) is 22.9. The second kappa shape index (κ2) is 9.69. The van der Waals surface area contributed by atoms with Crippen LogP contribution in [0.2, 0.25) is 0 Å². The lowest BCUT2D eigenvalue weighted by Crippen LogP contribution is -2.50. The fourth-order valence-electron chi connectivity index (χ4n) is 7.67. The Morgan fingerprint density at radius 3 is 0.967 bits per heavy atom. The second-order valence-electron chi connectivity index (χ2n) is 11.6. The van der Waals surface area contributed by atoms with Crippen molar-refractivity contribution in [1.82, 2.24) is 0 Å². The number of alkyl halides is 4. The van der Waals surface area contributed by atoms with Crippen molar-refractivity contribution in [1.29, 1.82) is 0 Å². The summed E-state index contributed by atoms with van der Waals surface area (Å²) in [4.78, 5) is 0. The van der Waals surface area contributed by atoms with Crippen LogP contribution < -0.4 is 0 Å². The molecule has 0 aromatic carbocycles. The Kier molecular flexibility index (Phi) is 7.40. The van der Waals surface area contributed by atoms with Gasteiger partial charge in [0, 0.05) is 0 Å². The fourth-order valence-corrected chi connectivity index (χ4v) is 7.67. The molecule has 0 nitrogen and oxygen atoms in total. The third-order valence-corrected chi connectivity index (χ3v) is 9.79. The Morgan fingerprint density at radius 1 is 0.367 bits per heavy atom. The van der Waals surface area contributed by atoms with E-state index in [1.54, 1.807) is 0 Å². The van der Waals surface area contributed by atoms with E-state index in [1.807, 2.05) is 0 Å². The van der Waals surface area contributed by atoms with Gasteiger partial charge in [-0.25, -0.2) is 17.6 Å². The lowest BCUT2D eigenvalue weighted by atomic mass is 9.61. The molecule has 4 saturated carbocycles. The molecule has 4 rings (SSSR count). The summed E-state index contributed by atoms with van der Waals surface area (Å²) in [5.74, 6) is 0.206. The van der Waals surface area contributed by atoms with Crippen molar-refractivity contribution in [2.24, 2.45) is 47.3 Å². The minimum Gasteiger partial charge on any atom is -0.244 e. The van der Waals surface area contributed by atoms with E-state index in [1.165, 1.54) is 0 Å². The quantitative estimate of drug-likeness (QED) is 0.397. The van der Waals surface area contributed by atoms with Crippen molar-refractivity contribution in [3.8, 4) is 0 Å². The summed E-state index contributed by atoms with van der Waals surface area (Å²) in [5.41, 5.74) is 0. The lowest BCUT2D eigenvalue weighted by molar-refractivity contribution is -0.0815. The first-order valence-corrected chi connectivity index (χ1v) is 12.9. The van der Waals surface area contributed by atoms with Gasteiger partial charge in [0.05, 0.1) is 0 Å². The van der Waals surface area contributed by atoms with Crippen LogP contribution in [0.15, 0.2) is 0 Å². The molecule has 4 heteroatoms. The SMILES string of the molecule is CC1CCC(C2CCC(C3CCC(C4CCC(C)CC4)C(F)C3F)C(F)C2F)CC1. The van der Waals surface area contributed by atoms with Crippen molar-refractivity contribution in [3.05, 3.63) is 0 Å². The zero-order valence-corrected chi connectivity index (χ0v) is 18.9. The molecule has 0 amide bonds. The number of hydrogen-bond acceptors (Lipinski definition) is 0. The molecule has 0 N–H and O–H groups in total. The maximum absolute atomic E-state index is 15.2. The van der Waals surface area contributed by atoms with Crippen LogP contribution in [-0.4, -0.2) is 24.7 Å². The highest BCUT2D eigenvalue weighted by molar-refractivity contribution is 5.00. The number of halogens is 4. The van der Waals surface area contributed by atoms with Gasteiger partial charge in [-0.3, -0.25) is 0 Å². The van der Waals surface area contributed by atoms with Gasteiger partial charge < -0.3 is 0 Å². The van der Waals surface area contributed by atoms with Gasteiger partial charge in [-0.2, -0.15) is 0 Å². The third kappa shape index (κ3) is 4.58. The topological polar surface area (TPSA) is 0 Å². The third-order valence-electron chi connectivity index (χ3n) is 9.79. The van der Waals surface area contributed by atoms with Gasteiger partial charge in [-0.05, 0) is 98.7 Å². The van der Waals surface area contributed by atoms with Crippen molar-refractivity contribution >= 4 is 0 Å². The fraction of sp³-hybridized carbons (Fsp3) is 1.00. The van der Waals surface area contributed by atoms with Gasteiger partial charge in [0.15, 0.2) is 0 Å². The molecule has 0 heterocycles. The van der Waals surface area contributed by atoms with Crippen molar-refractivity contribution < 1.29 is 17.6 Å². The van der Waals surface area contributed by atoms with Crippen molar-refractivity contribution in [2.75, 3.05) is 0 Å². The van der Waals surface area contributed by atoms with Crippen LogP contribution in [0, 0.1) is 47.3 Å². The summed E-state index contributed by atoms with van der Waals surface area (Å²) in [6.07, 6.45) is 4.52. The zero-order valence-electron chi connectivity index (χ0n) is 18.9. The van der Waals surface area contributed by atoms with Gasteiger partial charge in [-0.15, -0.1) is 0 Å². The molecule has 4 aliphatic rings. The van der Waals surface area contributed by atoms with E-state index < -0.39 is 36.5 Å². The molecule has 8 atom stereocenters. The molecule has 0 radical (unpaired) electrons. The molecular weight excluding hydrogens is 388 g/mol. The Hall–Kier alpha value is -0.280. The number of hydrogen-bond donors (Lipinski definition) is 0. The minimum absolute atomic E-state index is 0.219. The average Bonchev–Trinajstić information content (AvgIpc) is 2.74. The molecule has 0 bridgehead atoms. The Labute approximate surface area is 181 Å². The summed E-state index contributed by atoms with van der Waals surface area (Å²) in [5, 5.41) is 0. The van der Waals surface area contributed by atoms with Gasteiger partial charge >= 0.3 is 0 Å². The monoisotopic (exact) mass is 430 g/mol. The molecule has 0 aromatic rings. The minimum atomic E-state index is -1.62. The second-order valence-corrected chi connectivity index (χ2v) is 11.6. The predicted octanol–water partition coefficient (Wildman–Crippen LogP) is 8.04. The van der Waals surface area contributed by atoms with Crippen LogP contribution >= 0.6 is 0 Å². The van der Waals surface area contributed by atoms with Crippen LogP contribution in [0.5, 0.6) is 0 Å². The van der Waals surface area contributed by atoms with E-state index >= 15 is 17.6 Å². The predicted molar refractivity (Wildman–Crippen MR) is 114 cm³/mol. The Bertz CT molecular complexity index is 489. The molecule has 4 aliphatic carbocycles. The smallest absolute Gasteiger partial charge is 0.135 e. The maximum atomic E-state index is 15.2. The van der Waals surface area contributed by atoms with Gasteiger partial charge in [0.25, 0.3) is 0 Å². The molecule has 0 aromatic heterocycles. The summed E-state index contributed by atoms with van der Waals surface area (Å²) in [6.45, 7) is 4.47. The van der Waals surface area contributed by atoms with Crippen LogP contribution in [0.25, 0.3) is 0 Å². The van der Waals surface area contributed by atoms with Crippen molar-refractivity contribution in [3.63, 3.8) is 0 Å². The van der Waals surface area contributed by atoms with E-state index in [0.717, 1.165) is 51.4 Å². The Balaban J connectivity index is 1.35. The standard InChI is InChI=1S/C26H42F4/c1-15-3-7-17(8-4-15)19-11-13-21(25(29)23(19)27)22-14-12-20(24(28)26(22)30)18-9-5-16(2)6-10-18/h15-26H,3-14H2,1-2H3. The van der Waals surface area contributed by atoms with Crippen LogP contribution in [0.4, 0.5) is 17.6 Å². The highest BCUT2D eigenvalue weighted by atomic mass is 19.2. The summed E-state index contributed by atoms with van der Waals surface area (Å²) < 4.78 is 60.8. The van der Waals surface area contributed by atoms with Crippen LogP contribution in [-0.2, 0) is 0 Å². The van der Waals surface area contributed by atoms with E-state index in [0.29, 0.717) is 37.5 Å². The first-order chi connectivity index (χ1) is 14.4. The van der Waals surface area contributed by atoms with E-state index in [-0.39, 0.29) is 23.7 Å². The van der Waals surface area contributed by atoms with E-state index in [4.69, 9.17) is 0 Å². The number of rotatable bonds is 3. The lowest BCUT2D eigenvalue weighted by Gasteiger charge is -2.47. The van der Waals surface area contributed by atoms with Gasteiger partial charge in [0.2, 0.25) is 0 Å². The summed E-state index contributed by atoms with van der Waals surface area (Å²) in [7, 11) is 0. The normalized spacial score (nSPS) is 53.4. The molecule has 0 spiro atoms. The molecular formula is C26H42F4. The average molecular weight is 431 g/mol. The Morgan fingerprint density at radius 2 is 0.633 bits per heavy atom. The van der Waals surface area contributed by atoms with Gasteiger partial charge in [0.1, 0.15) is 24.7 Å². The maximum Gasteiger partial charge on any atom is 0.135 e. The molecule has 4 fully saturated rings. The molecule has 0 saturated heterocycles. The molecule has 8 unspecified atom stereocenters. The van der Waals surface area contributed by atoms with Crippen LogP contribution in [0.1, 0.15) is 90.9 Å².